The molecule has 0 fully saturated rings. The van der Waals surface area contributed by atoms with Crippen molar-refractivity contribution in [2.45, 2.75) is 0 Å². The van der Waals surface area contributed by atoms with Crippen LogP contribution in [0, 0.1) is 10.1 Å². The summed E-state index contributed by atoms with van der Waals surface area (Å²) in [6.45, 7) is 0. The Morgan fingerprint density at radius 3 is 2.33 bits per heavy atom. The smallest absolute Gasteiger partial charge is 0.269 e. The van der Waals surface area contributed by atoms with Crippen LogP contribution in [0.4, 0.5) is 11.5 Å². The molecule has 0 saturated carbocycles. The van der Waals surface area contributed by atoms with Gasteiger partial charge in [-0.15, -0.1) is 10.2 Å². The zero-order valence-corrected chi connectivity index (χ0v) is 9.35. The highest BCUT2D eigenvalue weighted by Crippen LogP contribution is 2.13. The minimum Gasteiger partial charge on any atom is -0.382 e. The zero-order chi connectivity index (χ0) is 13.0. The Labute approximate surface area is 103 Å². The van der Waals surface area contributed by atoms with Crippen molar-refractivity contribution >= 4 is 23.7 Å². The van der Waals surface area contributed by atoms with E-state index in [9.17, 15) is 10.1 Å². The summed E-state index contributed by atoms with van der Waals surface area (Å²) in [7, 11) is 0. The average Bonchev–Trinajstić information content (AvgIpc) is 2.38. The van der Waals surface area contributed by atoms with Crippen LogP contribution in [0.1, 0.15) is 11.3 Å². The van der Waals surface area contributed by atoms with E-state index < -0.39 is 4.92 Å². The molecular formula is C12H10N4O2. The normalized spacial score (nSPS) is 10.7. The molecule has 90 valence electrons. The minimum absolute atomic E-state index is 0.0689. The summed E-state index contributed by atoms with van der Waals surface area (Å²) in [4.78, 5) is 10.0. The standard InChI is InChI=1S/C12H10N4O2/c13-12-8-5-10(14-15-12)4-1-9-2-6-11(7-3-9)16(17)18/h1-8H,(H2,13,15)/b4-1+. The van der Waals surface area contributed by atoms with Crippen LogP contribution in [-0.4, -0.2) is 15.1 Å². The quantitative estimate of drug-likeness (QED) is 0.657. The van der Waals surface area contributed by atoms with Gasteiger partial charge >= 0.3 is 0 Å². The van der Waals surface area contributed by atoms with Gasteiger partial charge in [0.05, 0.1) is 10.6 Å². The number of nitrogens with zero attached hydrogens (tertiary/aromatic N) is 3. The van der Waals surface area contributed by atoms with Gasteiger partial charge in [-0.3, -0.25) is 10.1 Å². The maximum atomic E-state index is 10.5. The molecule has 0 bridgehead atoms. The Bertz CT molecular complexity index is 576. The second kappa shape index (κ2) is 5.05. The first-order valence-corrected chi connectivity index (χ1v) is 5.17. The van der Waals surface area contributed by atoms with E-state index in [1.54, 1.807) is 36.4 Å². The molecule has 0 amide bonds. The second-order valence-corrected chi connectivity index (χ2v) is 3.57. The lowest BCUT2D eigenvalue weighted by Crippen LogP contribution is -1.92. The molecule has 0 atom stereocenters. The number of nitro groups is 1. The van der Waals surface area contributed by atoms with Gasteiger partial charge in [0.1, 0.15) is 5.82 Å². The molecule has 2 N–H and O–H groups in total. The summed E-state index contributed by atoms with van der Waals surface area (Å²) >= 11 is 0. The van der Waals surface area contributed by atoms with E-state index in [2.05, 4.69) is 10.2 Å². The molecule has 18 heavy (non-hydrogen) atoms. The summed E-state index contributed by atoms with van der Waals surface area (Å²) in [6, 6.07) is 9.63. The number of anilines is 1. The van der Waals surface area contributed by atoms with Crippen molar-refractivity contribution in [1.82, 2.24) is 10.2 Å². The van der Waals surface area contributed by atoms with E-state index in [-0.39, 0.29) is 5.69 Å². The predicted octanol–water partition coefficient (Wildman–Crippen LogP) is 2.14. The van der Waals surface area contributed by atoms with Gasteiger partial charge in [-0.2, -0.15) is 0 Å². The first kappa shape index (κ1) is 11.7. The fourth-order valence-electron chi connectivity index (χ4n) is 1.33. The first-order valence-electron chi connectivity index (χ1n) is 5.17. The Hall–Kier alpha value is -2.76. The third-order valence-corrected chi connectivity index (χ3v) is 2.26. The van der Waals surface area contributed by atoms with Crippen LogP contribution in [0.3, 0.4) is 0 Å². The van der Waals surface area contributed by atoms with E-state index in [1.807, 2.05) is 0 Å². The third kappa shape index (κ3) is 2.88. The summed E-state index contributed by atoms with van der Waals surface area (Å²) in [5.74, 6) is 0.363. The third-order valence-electron chi connectivity index (χ3n) is 2.26. The first-order chi connectivity index (χ1) is 8.65. The largest absolute Gasteiger partial charge is 0.382 e. The molecule has 1 heterocycles. The lowest BCUT2D eigenvalue weighted by molar-refractivity contribution is -0.384. The van der Waals surface area contributed by atoms with E-state index in [1.165, 1.54) is 12.1 Å². The Morgan fingerprint density at radius 2 is 1.78 bits per heavy atom. The fraction of sp³-hybridized carbons (Fsp3) is 0. The van der Waals surface area contributed by atoms with Crippen molar-refractivity contribution in [3.8, 4) is 0 Å². The highest BCUT2D eigenvalue weighted by molar-refractivity contribution is 5.68. The Morgan fingerprint density at radius 1 is 1.06 bits per heavy atom. The van der Waals surface area contributed by atoms with Gasteiger partial charge < -0.3 is 5.73 Å². The number of nitro benzene ring substituents is 1. The van der Waals surface area contributed by atoms with Crippen LogP contribution in [0.15, 0.2) is 36.4 Å². The average molecular weight is 242 g/mol. The molecule has 0 radical (unpaired) electrons. The van der Waals surface area contributed by atoms with E-state index >= 15 is 0 Å². The number of rotatable bonds is 3. The molecule has 0 aliphatic carbocycles. The molecule has 1 aromatic heterocycles. The van der Waals surface area contributed by atoms with Crippen molar-refractivity contribution in [1.29, 1.82) is 0 Å². The summed E-state index contributed by atoms with van der Waals surface area (Å²) < 4.78 is 0. The van der Waals surface area contributed by atoms with Crippen molar-refractivity contribution in [2.75, 3.05) is 5.73 Å². The monoisotopic (exact) mass is 242 g/mol. The number of nitrogen functional groups attached to an aromatic ring is 1. The number of benzene rings is 1. The van der Waals surface area contributed by atoms with Gasteiger partial charge in [-0.1, -0.05) is 6.08 Å². The fourth-order valence-corrected chi connectivity index (χ4v) is 1.33. The highest BCUT2D eigenvalue weighted by atomic mass is 16.6. The number of hydrogen-bond donors (Lipinski definition) is 1. The Balaban J connectivity index is 2.13. The molecule has 0 aliphatic rings. The van der Waals surface area contributed by atoms with Crippen molar-refractivity contribution < 1.29 is 4.92 Å². The van der Waals surface area contributed by atoms with Gasteiger partial charge in [0.15, 0.2) is 0 Å². The lowest BCUT2D eigenvalue weighted by Gasteiger charge is -1.94. The molecule has 2 aromatic rings. The van der Waals surface area contributed by atoms with Crippen LogP contribution in [-0.2, 0) is 0 Å². The molecule has 1 aromatic carbocycles. The predicted molar refractivity (Wildman–Crippen MR) is 68.5 cm³/mol. The number of nitrogens with two attached hydrogens (primary N) is 1. The minimum atomic E-state index is -0.432. The van der Waals surface area contributed by atoms with Crippen LogP contribution >= 0.6 is 0 Å². The van der Waals surface area contributed by atoms with Gasteiger partial charge in [-0.25, -0.2) is 0 Å². The maximum Gasteiger partial charge on any atom is 0.269 e. The van der Waals surface area contributed by atoms with Crippen molar-refractivity contribution in [2.24, 2.45) is 0 Å². The highest BCUT2D eigenvalue weighted by Gasteiger charge is 2.02. The van der Waals surface area contributed by atoms with Gasteiger partial charge in [0.25, 0.3) is 5.69 Å². The SMILES string of the molecule is Nc1ccc(/C=C/c2ccc([N+](=O)[O-])cc2)nn1. The number of hydrogen-bond acceptors (Lipinski definition) is 5. The number of aromatic nitrogens is 2. The molecule has 0 spiro atoms. The molecule has 6 heteroatoms. The van der Waals surface area contributed by atoms with Gasteiger partial charge in [-0.05, 0) is 35.9 Å². The van der Waals surface area contributed by atoms with Gasteiger partial charge in [0.2, 0.25) is 0 Å². The Kier molecular flexibility index (Phi) is 3.29. The van der Waals surface area contributed by atoms with Gasteiger partial charge in [0, 0.05) is 12.1 Å². The van der Waals surface area contributed by atoms with E-state index in [4.69, 9.17) is 5.73 Å². The zero-order valence-electron chi connectivity index (χ0n) is 9.35. The van der Waals surface area contributed by atoms with Crippen LogP contribution < -0.4 is 5.73 Å². The molecule has 0 unspecified atom stereocenters. The summed E-state index contributed by atoms with van der Waals surface area (Å²) in [5, 5.41) is 18.1. The van der Waals surface area contributed by atoms with Crippen molar-refractivity contribution in [3.05, 3.63) is 57.8 Å². The summed E-state index contributed by atoms with van der Waals surface area (Å²) in [5.41, 5.74) is 7.00. The number of non-ortho nitro benzene ring substituents is 1. The molecule has 2 rings (SSSR count). The van der Waals surface area contributed by atoms with Crippen LogP contribution in [0.2, 0.25) is 0 Å². The molecule has 6 nitrogen and oxygen atoms in total. The van der Waals surface area contributed by atoms with Crippen LogP contribution in [0.25, 0.3) is 12.2 Å². The van der Waals surface area contributed by atoms with Crippen LogP contribution in [0.5, 0.6) is 0 Å². The van der Waals surface area contributed by atoms with E-state index in [0.717, 1.165) is 5.56 Å². The second-order valence-electron chi connectivity index (χ2n) is 3.57. The molecule has 0 aliphatic heterocycles. The lowest BCUT2D eigenvalue weighted by atomic mass is 10.2. The topological polar surface area (TPSA) is 94.9 Å². The van der Waals surface area contributed by atoms with E-state index in [0.29, 0.717) is 11.5 Å². The maximum absolute atomic E-state index is 10.5. The summed E-state index contributed by atoms with van der Waals surface area (Å²) in [6.07, 6.45) is 3.55. The van der Waals surface area contributed by atoms with Crippen molar-refractivity contribution in [3.63, 3.8) is 0 Å². The molecular weight excluding hydrogens is 232 g/mol. The molecule has 0 saturated heterocycles.